The number of hydrogen-bond donors (Lipinski definition) is 0. The number of benzene rings is 2. The Morgan fingerprint density at radius 3 is 2.54 bits per heavy atom. The zero-order valence-corrected chi connectivity index (χ0v) is 18.5. The first-order valence-corrected chi connectivity index (χ1v) is 11.3. The second-order valence-corrected chi connectivity index (χ2v) is 10.5. The van der Waals surface area contributed by atoms with Gasteiger partial charge in [0, 0.05) is 26.0 Å². The Kier molecular flexibility index (Phi) is 5.75. The van der Waals surface area contributed by atoms with Gasteiger partial charge < -0.3 is 0 Å². The Labute approximate surface area is 171 Å². The molecule has 0 bridgehead atoms. The lowest BCUT2D eigenvalue weighted by atomic mass is 10.2. The lowest BCUT2D eigenvalue weighted by Gasteiger charge is -2.18. The molecule has 138 valence electrons. The molecule has 0 spiro atoms. The predicted molar refractivity (Wildman–Crippen MR) is 113 cm³/mol. The summed E-state index contributed by atoms with van der Waals surface area (Å²) in [5.74, 6) is 0. The third-order valence-electron chi connectivity index (χ3n) is 4.09. The topological polar surface area (TPSA) is 42.3 Å². The molecule has 1 aromatic heterocycles. The van der Waals surface area contributed by atoms with Crippen LogP contribution in [0.15, 0.2) is 62.9 Å². The van der Waals surface area contributed by atoms with Crippen LogP contribution >= 0.6 is 39.3 Å². The molecule has 1 heterocycles. The van der Waals surface area contributed by atoms with Gasteiger partial charge in [-0.05, 0) is 67.3 Å². The first kappa shape index (κ1) is 19.8. The predicted octanol–water partition coefficient (Wildman–Crippen LogP) is 5.29. The van der Waals surface area contributed by atoms with Crippen molar-refractivity contribution in [2.45, 2.75) is 22.1 Å². The molecule has 26 heavy (non-hydrogen) atoms. The molecule has 2 aromatic carbocycles. The Morgan fingerprint density at radius 1 is 1.19 bits per heavy atom. The molecule has 0 fully saturated rings. The van der Waals surface area contributed by atoms with Gasteiger partial charge in [0.15, 0.2) is 0 Å². The van der Waals surface area contributed by atoms with Crippen molar-refractivity contribution in [3.63, 3.8) is 0 Å². The summed E-state index contributed by atoms with van der Waals surface area (Å²) in [7, 11) is 0.231. The second kappa shape index (κ2) is 7.56. The minimum Gasteiger partial charge on any atom is -0.298 e. The van der Waals surface area contributed by atoms with Crippen LogP contribution < -0.4 is 0 Å². The normalized spacial score (nSPS) is 13.5. The molecule has 0 saturated heterocycles. The molecular formula is C18H18BrClN2O2S2. The summed E-state index contributed by atoms with van der Waals surface area (Å²) in [6.45, 7) is 2.07. The standard InChI is InChI=1S/C18H18BrClN2O2S2/c1-12(21(2)3)25-17-11-22(16-9-8-13(20)10-14(16)17)26(23,24)18-7-5-4-6-15(18)19/h4-12H,1-3H3. The summed E-state index contributed by atoms with van der Waals surface area (Å²) in [5.41, 5.74) is 0.610. The molecule has 3 aromatic rings. The van der Waals surface area contributed by atoms with Crippen LogP contribution in [0.3, 0.4) is 0 Å². The molecule has 0 aliphatic carbocycles. The van der Waals surface area contributed by atoms with Crippen molar-refractivity contribution in [2.24, 2.45) is 0 Å². The van der Waals surface area contributed by atoms with E-state index in [1.165, 1.54) is 3.97 Å². The van der Waals surface area contributed by atoms with E-state index in [1.54, 1.807) is 54.4 Å². The van der Waals surface area contributed by atoms with Crippen molar-refractivity contribution in [2.75, 3.05) is 14.1 Å². The van der Waals surface area contributed by atoms with Crippen molar-refractivity contribution in [1.82, 2.24) is 8.87 Å². The molecule has 0 aliphatic rings. The van der Waals surface area contributed by atoms with Crippen molar-refractivity contribution in [3.05, 3.63) is 58.2 Å². The Balaban J connectivity index is 2.22. The molecule has 0 N–H and O–H groups in total. The van der Waals surface area contributed by atoms with Crippen molar-refractivity contribution in [1.29, 1.82) is 0 Å². The maximum absolute atomic E-state index is 13.3. The minimum absolute atomic E-state index is 0.180. The summed E-state index contributed by atoms with van der Waals surface area (Å²) >= 11 is 11.1. The van der Waals surface area contributed by atoms with Gasteiger partial charge in [-0.25, -0.2) is 12.4 Å². The number of hydrogen-bond acceptors (Lipinski definition) is 4. The Hall–Kier alpha value is -0.990. The number of nitrogens with zero attached hydrogens (tertiary/aromatic N) is 2. The van der Waals surface area contributed by atoms with Crippen molar-refractivity contribution in [3.8, 4) is 0 Å². The van der Waals surface area contributed by atoms with Crippen molar-refractivity contribution >= 4 is 60.2 Å². The summed E-state index contributed by atoms with van der Waals surface area (Å²) in [6.07, 6.45) is 1.68. The summed E-state index contributed by atoms with van der Waals surface area (Å²) in [5, 5.41) is 1.58. The molecule has 3 rings (SSSR count). The van der Waals surface area contributed by atoms with Crippen LogP contribution in [0, 0.1) is 0 Å². The highest BCUT2D eigenvalue weighted by Gasteiger charge is 2.24. The second-order valence-electron chi connectivity index (χ2n) is 6.07. The fourth-order valence-electron chi connectivity index (χ4n) is 2.49. The fourth-order valence-corrected chi connectivity index (χ4v) is 6.10. The van der Waals surface area contributed by atoms with E-state index in [1.807, 2.05) is 20.2 Å². The lowest BCUT2D eigenvalue weighted by molar-refractivity contribution is 0.402. The van der Waals surface area contributed by atoms with E-state index in [-0.39, 0.29) is 10.3 Å². The van der Waals surface area contributed by atoms with Gasteiger partial charge in [0.05, 0.1) is 10.9 Å². The van der Waals surface area contributed by atoms with Gasteiger partial charge in [-0.1, -0.05) is 23.7 Å². The van der Waals surface area contributed by atoms with Crippen LogP contribution in [0.25, 0.3) is 10.9 Å². The van der Waals surface area contributed by atoms with Crippen LogP contribution in [0.4, 0.5) is 0 Å². The number of fused-ring (bicyclic) bond motifs is 1. The first-order valence-electron chi connectivity index (χ1n) is 7.85. The molecule has 0 saturated carbocycles. The van der Waals surface area contributed by atoms with Gasteiger partial charge in [-0.3, -0.25) is 4.90 Å². The van der Waals surface area contributed by atoms with E-state index in [0.29, 0.717) is 15.0 Å². The number of rotatable bonds is 5. The summed E-state index contributed by atoms with van der Waals surface area (Å²) < 4.78 is 28.4. The first-order chi connectivity index (χ1) is 12.2. The Bertz CT molecular complexity index is 1060. The van der Waals surface area contributed by atoms with Gasteiger partial charge in [-0.15, -0.1) is 11.8 Å². The minimum atomic E-state index is -3.74. The summed E-state index contributed by atoms with van der Waals surface area (Å²) in [6, 6.07) is 12.1. The van der Waals surface area contributed by atoms with E-state index in [2.05, 4.69) is 27.8 Å². The third-order valence-corrected chi connectivity index (χ3v) is 8.36. The highest BCUT2D eigenvalue weighted by molar-refractivity contribution is 9.10. The van der Waals surface area contributed by atoms with E-state index in [0.717, 1.165) is 10.3 Å². The SMILES string of the molecule is CC(Sc1cn(S(=O)(=O)c2ccccc2Br)c2ccc(Cl)cc12)N(C)C. The molecule has 4 nitrogen and oxygen atoms in total. The van der Waals surface area contributed by atoms with E-state index in [4.69, 9.17) is 11.6 Å². The molecule has 0 amide bonds. The quantitative estimate of drug-likeness (QED) is 0.373. The molecule has 8 heteroatoms. The Morgan fingerprint density at radius 2 is 1.88 bits per heavy atom. The number of halogens is 2. The van der Waals surface area contributed by atoms with Crippen LogP contribution in [-0.2, 0) is 10.0 Å². The zero-order valence-electron chi connectivity index (χ0n) is 14.5. The molecular weight excluding hydrogens is 456 g/mol. The van der Waals surface area contributed by atoms with E-state index >= 15 is 0 Å². The zero-order chi connectivity index (χ0) is 19.1. The fraction of sp³-hybridized carbons (Fsp3) is 0.222. The maximum atomic E-state index is 13.3. The smallest absolute Gasteiger partial charge is 0.269 e. The monoisotopic (exact) mass is 472 g/mol. The van der Waals surface area contributed by atoms with Gasteiger partial charge in [0.1, 0.15) is 4.90 Å². The number of thioether (sulfide) groups is 1. The van der Waals surface area contributed by atoms with Crippen molar-refractivity contribution < 1.29 is 8.42 Å². The molecule has 1 atom stereocenters. The van der Waals surface area contributed by atoms with Gasteiger partial charge in [0.25, 0.3) is 10.0 Å². The largest absolute Gasteiger partial charge is 0.298 e. The van der Waals surface area contributed by atoms with Crippen LogP contribution in [0.2, 0.25) is 5.02 Å². The highest BCUT2D eigenvalue weighted by Crippen LogP contribution is 2.37. The molecule has 0 aliphatic heterocycles. The average molecular weight is 474 g/mol. The van der Waals surface area contributed by atoms with Crippen LogP contribution in [-0.4, -0.2) is 36.8 Å². The van der Waals surface area contributed by atoms with Crippen LogP contribution in [0.1, 0.15) is 6.92 Å². The van der Waals surface area contributed by atoms with Gasteiger partial charge >= 0.3 is 0 Å². The lowest BCUT2D eigenvalue weighted by Crippen LogP contribution is -2.20. The molecule has 1 unspecified atom stereocenters. The van der Waals surface area contributed by atoms with Gasteiger partial charge in [-0.2, -0.15) is 0 Å². The van der Waals surface area contributed by atoms with Crippen LogP contribution in [0.5, 0.6) is 0 Å². The average Bonchev–Trinajstić information content (AvgIpc) is 2.93. The molecule has 0 radical (unpaired) electrons. The third kappa shape index (κ3) is 3.68. The number of aromatic nitrogens is 1. The summed E-state index contributed by atoms with van der Waals surface area (Å²) in [4.78, 5) is 3.17. The van der Waals surface area contributed by atoms with E-state index in [9.17, 15) is 8.42 Å². The maximum Gasteiger partial charge on any atom is 0.269 e. The highest BCUT2D eigenvalue weighted by atomic mass is 79.9. The van der Waals surface area contributed by atoms with Gasteiger partial charge in [0.2, 0.25) is 0 Å². The van der Waals surface area contributed by atoms with E-state index < -0.39 is 10.0 Å².